The van der Waals surface area contributed by atoms with Gasteiger partial charge in [-0.05, 0) is 44.7 Å². The smallest absolute Gasteiger partial charge is 0.325 e. The van der Waals surface area contributed by atoms with Crippen molar-refractivity contribution in [2.24, 2.45) is 5.92 Å². The number of imide groups is 1. The highest BCUT2D eigenvalue weighted by Crippen LogP contribution is 2.31. The van der Waals surface area contributed by atoms with Crippen molar-refractivity contribution in [3.8, 4) is 0 Å². The van der Waals surface area contributed by atoms with Gasteiger partial charge in [0, 0.05) is 24.4 Å². The summed E-state index contributed by atoms with van der Waals surface area (Å²) in [5.74, 6) is -0.578. The summed E-state index contributed by atoms with van der Waals surface area (Å²) in [6, 6.07) is 4.87. The first kappa shape index (κ1) is 18.3. The molecule has 1 saturated heterocycles. The number of nitrogens with one attached hydrogen (secondary N) is 2. The number of hydrogen-bond donors (Lipinski definition) is 3. The van der Waals surface area contributed by atoms with Crippen molar-refractivity contribution < 1.29 is 19.5 Å². The first-order valence-electron chi connectivity index (χ1n) is 8.77. The SMILES string of the molecule is CC1(C)C(=O)NC(=O)N1CC(=O)N[C@H](Cc1ccccn1)C1CC(O)C1. The van der Waals surface area contributed by atoms with E-state index < -0.39 is 17.5 Å². The fourth-order valence-corrected chi connectivity index (χ4v) is 3.40. The maximum Gasteiger partial charge on any atom is 0.325 e. The molecule has 1 aliphatic carbocycles. The van der Waals surface area contributed by atoms with E-state index >= 15 is 0 Å². The van der Waals surface area contributed by atoms with Crippen LogP contribution in [0.15, 0.2) is 24.4 Å². The molecule has 1 saturated carbocycles. The van der Waals surface area contributed by atoms with Crippen LogP contribution in [0, 0.1) is 5.92 Å². The minimum atomic E-state index is -1.06. The molecule has 140 valence electrons. The monoisotopic (exact) mass is 360 g/mol. The van der Waals surface area contributed by atoms with Crippen LogP contribution in [0.4, 0.5) is 4.79 Å². The molecule has 1 aliphatic heterocycles. The normalized spacial score (nSPS) is 25.4. The third-order valence-corrected chi connectivity index (χ3v) is 5.22. The molecule has 0 radical (unpaired) electrons. The molecule has 2 heterocycles. The lowest BCUT2D eigenvalue weighted by Gasteiger charge is -2.38. The van der Waals surface area contributed by atoms with Crippen LogP contribution >= 0.6 is 0 Å². The van der Waals surface area contributed by atoms with Crippen molar-refractivity contribution in [2.45, 2.75) is 50.8 Å². The zero-order valence-corrected chi connectivity index (χ0v) is 14.9. The summed E-state index contributed by atoms with van der Waals surface area (Å²) in [5.41, 5.74) is -0.203. The summed E-state index contributed by atoms with van der Waals surface area (Å²) in [6.07, 6.45) is 3.19. The number of aromatic nitrogens is 1. The number of urea groups is 1. The van der Waals surface area contributed by atoms with E-state index in [0.717, 1.165) is 5.69 Å². The van der Waals surface area contributed by atoms with Crippen LogP contribution in [-0.2, 0) is 16.0 Å². The van der Waals surface area contributed by atoms with Crippen LogP contribution in [0.25, 0.3) is 0 Å². The number of nitrogens with zero attached hydrogens (tertiary/aromatic N) is 2. The number of aliphatic hydroxyl groups excluding tert-OH is 1. The number of rotatable bonds is 6. The Morgan fingerprint density at radius 1 is 1.42 bits per heavy atom. The second-order valence-corrected chi connectivity index (χ2v) is 7.49. The Kier molecular flexibility index (Phi) is 4.95. The van der Waals surface area contributed by atoms with E-state index in [2.05, 4.69) is 15.6 Å². The van der Waals surface area contributed by atoms with Crippen molar-refractivity contribution in [3.63, 3.8) is 0 Å². The van der Waals surface area contributed by atoms with Gasteiger partial charge in [0.1, 0.15) is 12.1 Å². The molecule has 2 fully saturated rings. The molecular weight excluding hydrogens is 336 g/mol. The Labute approximate surface area is 152 Å². The van der Waals surface area contributed by atoms with E-state index in [1.54, 1.807) is 20.0 Å². The fraction of sp³-hybridized carbons (Fsp3) is 0.556. The van der Waals surface area contributed by atoms with Crippen LogP contribution in [0.2, 0.25) is 0 Å². The van der Waals surface area contributed by atoms with E-state index in [1.165, 1.54) is 4.90 Å². The molecular formula is C18H24N4O4. The molecule has 8 nitrogen and oxygen atoms in total. The highest BCUT2D eigenvalue weighted by molar-refractivity contribution is 6.07. The summed E-state index contributed by atoms with van der Waals surface area (Å²) in [5, 5.41) is 14.8. The van der Waals surface area contributed by atoms with Crippen LogP contribution < -0.4 is 10.6 Å². The standard InChI is InChI=1S/C18H24N4O4/c1-18(2)16(25)21-17(26)22(18)10-15(24)20-14(11-7-13(23)8-11)9-12-5-3-4-6-19-12/h3-6,11,13-14,23H,7-10H2,1-2H3,(H,20,24)(H,21,25,26)/t11?,13?,14-/m1/s1. The van der Waals surface area contributed by atoms with Gasteiger partial charge in [-0.3, -0.25) is 19.9 Å². The van der Waals surface area contributed by atoms with Gasteiger partial charge in [-0.2, -0.15) is 0 Å². The summed E-state index contributed by atoms with van der Waals surface area (Å²) in [7, 11) is 0. The van der Waals surface area contributed by atoms with Crippen LogP contribution in [0.5, 0.6) is 0 Å². The zero-order valence-electron chi connectivity index (χ0n) is 14.9. The number of aliphatic hydroxyl groups is 1. The molecule has 4 amide bonds. The maximum absolute atomic E-state index is 12.5. The molecule has 3 rings (SSSR count). The van der Waals surface area contributed by atoms with Crippen molar-refractivity contribution in [2.75, 3.05) is 6.54 Å². The van der Waals surface area contributed by atoms with Gasteiger partial charge in [-0.1, -0.05) is 6.07 Å². The third kappa shape index (κ3) is 3.70. The largest absolute Gasteiger partial charge is 0.393 e. The molecule has 0 bridgehead atoms. The van der Waals surface area contributed by atoms with Crippen LogP contribution in [0.1, 0.15) is 32.4 Å². The average molecular weight is 360 g/mol. The highest BCUT2D eigenvalue weighted by Gasteiger charge is 2.46. The van der Waals surface area contributed by atoms with Gasteiger partial charge in [0.2, 0.25) is 5.91 Å². The first-order chi connectivity index (χ1) is 12.3. The van der Waals surface area contributed by atoms with E-state index in [9.17, 15) is 19.5 Å². The number of pyridine rings is 1. The Bertz CT molecular complexity index is 700. The zero-order chi connectivity index (χ0) is 18.9. The molecule has 26 heavy (non-hydrogen) atoms. The fourth-order valence-electron chi connectivity index (χ4n) is 3.40. The summed E-state index contributed by atoms with van der Waals surface area (Å²) in [4.78, 5) is 41.8. The molecule has 0 spiro atoms. The molecule has 0 unspecified atom stereocenters. The summed E-state index contributed by atoms with van der Waals surface area (Å²) < 4.78 is 0. The molecule has 1 aromatic heterocycles. The van der Waals surface area contributed by atoms with Crippen molar-refractivity contribution in [1.82, 2.24) is 20.5 Å². The van der Waals surface area contributed by atoms with Gasteiger partial charge < -0.3 is 15.3 Å². The number of carbonyl (C=O) groups is 3. The average Bonchev–Trinajstić information content (AvgIpc) is 2.74. The van der Waals surface area contributed by atoms with Crippen molar-refractivity contribution in [1.29, 1.82) is 0 Å². The summed E-state index contributed by atoms with van der Waals surface area (Å²) in [6.45, 7) is 3.01. The Morgan fingerprint density at radius 3 is 2.69 bits per heavy atom. The third-order valence-electron chi connectivity index (χ3n) is 5.22. The summed E-state index contributed by atoms with van der Waals surface area (Å²) >= 11 is 0. The topological polar surface area (TPSA) is 112 Å². The molecule has 0 aromatic carbocycles. The lowest BCUT2D eigenvalue weighted by molar-refractivity contribution is -0.127. The number of carbonyl (C=O) groups excluding carboxylic acids is 3. The molecule has 3 N–H and O–H groups in total. The van der Waals surface area contributed by atoms with E-state index in [0.29, 0.717) is 19.3 Å². The van der Waals surface area contributed by atoms with Crippen LogP contribution in [-0.4, -0.2) is 57.1 Å². The second-order valence-electron chi connectivity index (χ2n) is 7.49. The van der Waals surface area contributed by atoms with Gasteiger partial charge in [0.25, 0.3) is 5.91 Å². The lowest BCUT2D eigenvalue weighted by Crippen LogP contribution is -2.53. The highest BCUT2D eigenvalue weighted by atomic mass is 16.3. The van der Waals surface area contributed by atoms with E-state index in [4.69, 9.17) is 0 Å². The van der Waals surface area contributed by atoms with Gasteiger partial charge in [-0.25, -0.2) is 4.79 Å². The van der Waals surface area contributed by atoms with Crippen LogP contribution in [0.3, 0.4) is 0 Å². The van der Waals surface area contributed by atoms with Crippen molar-refractivity contribution >= 4 is 17.8 Å². The number of hydrogen-bond acceptors (Lipinski definition) is 5. The lowest BCUT2D eigenvalue weighted by atomic mass is 9.76. The quantitative estimate of drug-likeness (QED) is 0.628. The number of amides is 4. The van der Waals surface area contributed by atoms with Crippen molar-refractivity contribution in [3.05, 3.63) is 30.1 Å². The predicted octanol–water partition coefficient (Wildman–Crippen LogP) is 0.210. The Morgan fingerprint density at radius 2 is 2.15 bits per heavy atom. The molecule has 8 heteroatoms. The molecule has 2 aliphatic rings. The molecule has 1 aromatic rings. The molecule has 1 atom stereocenters. The Balaban J connectivity index is 1.65. The van der Waals surface area contributed by atoms with Gasteiger partial charge >= 0.3 is 6.03 Å². The minimum absolute atomic E-state index is 0.165. The van der Waals surface area contributed by atoms with E-state index in [-0.39, 0.29) is 30.5 Å². The second kappa shape index (κ2) is 7.03. The maximum atomic E-state index is 12.5. The minimum Gasteiger partial charge on any atom is -0.393 e. The Hall–Kier alpha value is -2.48. The van der Waals surface area contributed by atoms with Gasteiger partial charge in [0.05, 0.1) is 6.10 Å². The first-order valence-corrected chi connectivity index (χ1v) is 8.77. The van der Waals surface area contributed by atoms with Gasteiger partial charge in [0.15, 0.2) is 0 Å². The van der Waals surface area contributed by atoms with E-state index in [1.807, 2.05) is 18.2 Å². The predicted molar refractivity (Wildman–Crippen MR) is 92.9 cm³/mol. The van der Waals surface area contributed by atoms with Gasteiger partial charge in [-0.15, -0.1) is 0 Å².